The molecule has 1 aromatic carbocycles. The molecule has 0 bridgehead atoms. The van der Waals surface area contributed by atoms with Gasteiger partial charge in [-0.1, -0.05) is 13.8 Å². The van der Waals surface area contributed by atoms with Crippen molar-refractivity contribution in [3.63, 3.8) is 0 Å². The molecule has 1 aromatic rings. The summed E-state index contributed by atoms with van der Waals surface area (Å²) in [6.07, 6.45) is 0. The van der Waals surface area contributed by atoms with Gasteiger partial charge in [-0.05, 0) is 30.5 Å². The van der Waals surface area contributed by atoms with Gasteiger partial charge in [-0.25, -0.2) is 4.99 Å². The number of rotatable bonds is 7. The van der Waals surface area contributed by atoms with E-state index in [1.165, 1.54) is 14.2 Å². The lowest BCUT2D eigenvalue weighted by Crippen LogP contribution is -2.53. The van der Waals surface area contributed by atoms with E-state index in [-0.39, 0.29) is 5.75 Å². The van der Waals surface area contributed by atoms with Gasteiger partial charge in [0.2, 0.25) is 5.75 Å². The number of guanidine groups is 1. The predicted octanol–water partition coefficient (Wildman–Crippen LogP) is 2.15. The third-order valence-corrected chi connectivity index (χ3v) is 4.58. The van der Waals surface area contributed by atoms with Gasteiger partial charge in [0.1, 0.15) is 0 Å². The second-order valence-electron chi connectivity index (χ2n) is 7.20. The Balaban J connectivity index is 2.08. The fraction of sp³-hybridized carbons (Fsp3) is 0.650. The molecule has 7 heteroatoms. The number of methoxy groups -OCH3 is 2. The molecule has 0 atom stereocenters. The van der Waals surface area contributed by atoms with E-state index in [2.05, 4.69) is 35.9 Å². The Morgan fingerprint density at radius 3 is 2.22 bits per heavy atom. The summed E-state index contributed by atoms with van der Waals surface area (Å²) in [4.78, 5) is 9.62. The zero-order valence-corrected chi connectivity index (χ0v) is 17.3. The average Bonchev–Trinajstić information content (AvgIpc) is 2.66. The first kappa shape index (κ1) is 21.2. The second kappa shape index (κ2) is 10.3. The summed E-state index contributed by atoms with van der Waals surface area (Å²) in [5.41, 5.74) is 0.926. The molecule has 0 unspecified atom stereocenters. The minimum atomic E-state index is 0.0147. The van der Waals surface area contributed by atoms with Crippen LogP contribution in [0.25, 0.3) is 0 Å². The molecule has 0 aliphatic carbocycles. The summed E-state index contributed by atoms with van der Waals surface area (Å²) in [5, 5.41) is 13.4. The lowest BCUT2D eigenvalue weighted by Gasteiger charge is -2.37. The van der Waals surface area contributed by atoms with Crippen LogP contribution in [0.5, 0.6) is 17.2 Å². The largest absolute Gasteiger partial charge is 0.502 e. The topological polar surface area (TPSA) is 69.6 Å². The number of ether oxygens (including phenoxy) is 2. The van der Waals surface area contributed by atoms with Crippen molar-refractivity contribution in [3.05, 3.63) is 17.7 Å². The number of phenols is 1. The van der Waals surface area contributed by atoms with Gasteiger partial charge in [0.05, 0.1) is 20.8 Å². The summed E-state index contributed by atoms with van der Waals surface area (Å²) >= 11 is 0. The summed E-state index contributed by atoms with van der Waals surface area (Å²) in [6, 6.07) is 3.59. The number of nitrogens with one attached hydrogen (secondary N) is 1. The molecule has 1 saturated heterocycles. The molecule has 0 radical (unpaired) electrons. The number of hydrogen-bond acceptors (Lipinski definition) is 5. The highest BCUT2D eigenvalue weighted by atomic mass is 16.5. The van der Waals surface area contributed by atoms with Gasteiger partial charge in [-0.2, -0.15) is 0 Å². The molecule has 0 saturated carbocycles. The first-order chi connectivity index (χ1) is 13.0. The lowest BCUT2D eigenvalue weighted by molar-refractivity contribution is 0.164. The maximum Gasteiger partial charge on any atom is 0.200 e. The molecule has 1 aliphatic heterocycles. The number of hydrogen-bond donors (Lipinski definition) is 2. The van der Waals surface area contributed by atoms with Crippen molar-refractivity contribution in [2.24, 2.45) is 10.9 Å². The van der Waals surface area contributed by atoms with Crippen molar-refractivity contribution < 1.29 is 14.6 Å². The molecule has 1 heterocycles. The van der Waals surface area contributed by atoms with Crippen LogP contribution in [0.4, 0.5) is 0 Å². The Hall–Kier alpha value is -2.15. The Morgan fingerprint density at radius 1 is 1.15 bits per heavy atom. The van der Waals surface area contributed by atoms with Gasteiger partial charge < -0.3 is 24.8 Å². The third kappa shape index (κ3) is 5.92. The fourth-order valence-corrected chi connectivity index (χ4v) is 3.29. The standard InChI is InChI=1S/C20H34N4O3/c1-6-21-20(24-9-7-23(8-10-24)14-15(2)3)22-13-16-11-17(26-4)19(25)18(12-16)27-5/h11-12,15,25H,6-10,13-14H2,1-5H3,(H,21,22). The molecule has 2 rings (SSSR count). The van der Waals surface area contributed by atoms with Crippen molar-refractivity contribution in [2.75, 3.05) is 53.5 Å². The highest BCUT2D eigenvalue weighted by Gasteiger charge is 2.20. The predicted molar refractivity (Wildman–Crippen MR) is 109 cm³/mol. The molecule has 0 aromatic heterocycles. The van der Waals surface area contributed by atoms with Crippen LogP contribution in [-0.2, 0) is 6.54 Å². The highest BCUT2D eigenvalue weighted by Crippen LogP contribution is 2.37. The van der Waals surface area contributed by atoms with Crippen LogP contribution in [0.3, 0.4) is 0 Å². The van der Waals surface area contributed by atoms with E-state index in [9.17, 15) is 5.11 Å². The van der Waals surface area contributed by atoms with E-state index in [4.69, 9.17) is 14.5 Å². The van der Waals surface area contributed by atoms with Gasteiger partial charge in [0.15, 0.2) is 17.5 Å². The third-order valence-electron chi connectivity index (χ3n) is 4.58. The van der Waals surface area contributed by atoms with Gasteiger partial charge in [0, 0.05) is 39.3 Å². The van der Waals surface area contributed by atoms with Crippen LogP contribution in [0.1, 0.15) is 26.3 Å². The number of aliphatic imine (C=N–C) groups is 1. The van der Waals surface area contributed by atoms with Gasteiger partial charge >= 0.3 is 0 Å². The van der Waals surface area contributed by atoms with Gasteiger partial charge in [-0.3, -0.25) is 4.90 Å². The molecule has 2 N–H and O–H groups in total. The van der Waals surface area contributed by atoms with Crippen LogP contribution >= 0.6 is 0 Å². The average molecular weight is 379 g/mol. The molecule has 7 nitrogen and oxygen atoms in total. The lowest BCUT2D eigenvalue weighted by atomic mass is 10.2. The summed E-state index contributed by atoms with van der Waals surface area (Å²) in [7, 11) is 3.06. The van der Waals surface area contributed by atoms with Crippen LogP contribution in [0, 0.1) is 5.92 Å². The van der Waals surface area contributed by atoms with E-state index in [1.54, 1.807) is 12.1 Å². The smallest absolute Gasteiger partial charge is 0.200 e. The zero-order valence-electron chi connectivity index (χ0n) is 17.3. The molecule has 0 spiro atoms. The first-order valence-corrected chi connectivity index (χ1v) is 9.67. The van der Waals surface area contributed by atoms with Gasteiger partial charge in [-0.15, -0.1) is 0 Å². The normalized spacial score (nSPS) is 15.9. The van der Waals surface area contributed by atoms with Crippen LogP contribution in [0.2, 0.25) is 0 Å². The van der Waals surface area contributed by atoms with E-state index in [1.807, 2.05) is 0 Å². The number of benzene rings is 1. The van der Waals surface area contributed by atoms with Crippen LogP contribution < -0.4 is 14.8 Å². The Morgan fingerprint density at radius 2 is 1.74 bits per heavy atom. The maximum atomic E-state index is 10.1. The number of nitrogens with zero attached hydrogens (tertiary/aromatic N) is 3. The second-order valence-corrected chi connectivity index (χ2v) is 7.20. The number of piperazine rings is 1. The fourth-order valence-electron chi connectivity index (χ4n) is 3.29. The molecule has 0 amide bonds. The minimum Gasteiger partial charge on any atom is -0.502 e. The summed E-state index contributed by atoms with van der Waals surface area (Å²) < 4.78 is 10.5. The molecule has 1 fully saturated rings. The van der Waals surface area contributed by atoms with E-state index < -0.39 is 0 Å². The van der Waals surface area contributed by atoms with Crippen molar-refractivity contribution in [2.45, 2.75) is 27.3 Å². The van der Waals surface area contributed by atoms with Crippen molar-refractivity contribution in [1.82, 2.24) is 15.1 Å². The monoisotopic (exact) mass is 378 g/mol. The Labute approximate surface area is 163 Å². The highest BCUT2D eigenvalue weighted by molar-refractivity contribution is 5.80. The van der Waals surface area contributed by atoms with E-state index in [0.717, 1.165) is 50.8 Å². The van der Waals surface area contributed by atoms with Crippen molar-refractivity contribution in [3.8, 4) is 17.2 Å². The minimum absolute atomic E-state index is 0.0147. The summed E-state index contributed by atoms with van der Waals surface area (Å²) in [6.45, 7) is 13.1. The quantitative estimate of drug-likeness (QED) is 0.560. The molecular formula is C20H34N4O3. The molecular weight excluding hydrogens is 344 g/mol. The Kier molecular flexibility index (Phi) is 8.03. The van der Waals surface area contributed by atoms with Gasteiger partial charge in [0.25, 0.3) is 0 Å². The molecule has 1 aliphatic rings. The van der Waals surface area contributed by atoms with Crippen molar-refractivity contribution in [1.29, 1.82) is 0 Å². The van der Waals surface area contributed by atoms with E-state index in [0.29, 0.717) is 24.0 Å². The van der Waals surface area contributed by atoms with E-state index >= 15 is 0 Å². The summed E-state index contributed by atoms with van der Waals surface area (Å²) in [5.74, 6) is 2.42. The van der Waals surface area contributed by atoms with Crippen LogP contribution in [-0.4, -0.2) is 74.4 Å². The van der Waals surface area contributed by atoms with Crippen LogP contribution in [0.15, 0.2) is 17.1 Å². The zero-order chi connectivity index (χ0) is 19.8. The maximum absolute atomic E-state index is 10.1. The molecule has 27 heavy (non-hydrogen) atoms. The van der Waals surface area contributed by atoms with Crippen molar-refractivity contribution >= 4 is 5.96 Å². The number of aromatic hydroxyl groups is 1. The number of phenolic OH excluding ortho intramolecular Hbond substituents is 1. The first-order valence-electron chi connectivity index (χ1n) is 9.67. The SMILES string of the molecule is CCNC(=NCc1cc(OC)c(O)c(OC)c1)N1CCN(CC(C)C)CC1. The molecule has 152 valence electrons. The Bertz CT molecular complexity index is 601.